The largest absolute Gasteiger partial charge is 0.327 e. The van der Waals surface area contributed by atoms with Crippen LogP contribution in [0.5, 0.6) is 0 Å². The lowest BCUT2D eigenvalue weighted by molar-refractivity contribution is 0.629. The zero-order valence-corrected chi connectivity index (χ0v) is 12.5. The molecule has 0 saturated carbocycles. The molecule has 3 rings (SSSR count). The van der Waals surface area contributed by atoms with Crippen molar-refractivity contribution in [1.29, 1.82) is 0 Å². The molecule has 0 fully saturated rings. The maximum atomic E-state index is 14.0. The summed E-state index contributed by atoms with van der Waals surface area (Å²) < 4.78 is 16.7. The molecule has 0 aliphatic rings. The van der Waals surface area contributed by atoms with Gasteiger partial charge in [0, 0.05) is 18.1 Å². The number of rotatable bonds is 2. The number of hydrogen-bond donors (Lipinski definition) is 1. The van der Waals surface area contributed by atoms with E-state index in [-0.39, 0.29) is 5.82 Å². The maximum absolute atomic E-state index is 14.0. The Bertz CT molecular complexity index is 795. The van der Waals surface area contributed by atoms with Gasteiger partial charge in [0.15, 0.2) is 0 Å². The van der Waals surface area contributed by atoms with Crippen molar-refractivity contribution in [3.05, 3.63) is 52.3 Å². The first-order valence-corrected chi connectivity index (χ1v) is 7.00. The Morgan fingerprint density at radius 1 is 1.25 bits per heavy atom. The molecule has 0 aliphatic heterocycles. The number of imidazole rings is 1. The van der Waals surface area contributed by atoms with Gasteiger partial charge in [-0.15, -0.1) is 0 Å². The lowest BCUT2D eigenvalue weighted by Crippen LogP contribution is -1.97. The number of fused-ring (bicyclic) bond motifs is 1. The van der Waals surface area contributed by atoms with Gasteiger partial charge in [-0.05, 0) is 35.9 Å². The lowest BCUT2D eigenvalue weighted by atomic mass is 10.2. The van der Waals surface area contributed by atoms with Crippen molar-refractivity contribution in [1.82, 2.24) is 9.55 Å². The number of hydrogen-bond acceptors (Lipinski definition) is 2. The molecule has 0 bridgehead atoms. The van der Waals surface area contributed by atoms with Gasteiger partial charge in [-0.3, -0.25) is 0 Å². The van der Waals surface area contributed by atoms with Crippen LogP contribution in [-0.4, -0.2) is 9.55 Å². The molecule has 0 spiro atoms. The Kier molecular flexibility index (Phi) is 3.31. The van der Waals surface area contributed by atoms with E-state index < -0.39 is 0 Å². The van der Waals surface area contributed by atoms with Gasteiger partial charge in [-0.2, -0.15) is 0 Å². The molecule has 0 radical (unpaired) electrons. The van der Waals surface area contributed by atoms with E-state index in [1.807, 2.05) is 29.8 Å². The quantitative estimate of drug-likeness (QED) is 0.778. The molecule has 0 atom stereocenters. The summed E-state index contributed by atoms with van der Waals surface area (Å²) in [6.07, 6.45) is 0. The van der Waals surface area contributed by atoms with Crippen molar-refractivity contribution in [3.63, 3.8) is 0 Å². The highest BCUT2D eigenvalue weighted by Crippen LogP contribution is 2.28. The molecule has 1 heterocycles. The minimum Gasteiger partial charge on any atom is -0.327 e. The molecule has 1 aromatic heterocycles. The summed E-state index contributed by atoms with van der Waals surface area (Å²) in [6, 6.07) is 10.7. The van der Waals surface area contributed by atoms with Crippen LogP contribution in [0.2, 0.25) is 0 Å². The second kappa shape index (κ2) is 5.00. The average molecular weight is 334 g/mol. The highest BCUT2D eigenvalue weighted by atomic mass is 79.9. The first-order valence-electron chi connectivity index (χ1n) is 6.21. The molecule has 0 aliphatic carbocycles. The Hall–Kier alpha value is -1.72. The van der Waals surface area contributed by atoms with Crippen molar-refractivity contribution < 1.29 is 4.39 Å². The number of nitrogens with two attached hydrogens (primary N) is 1. The van der Waals surface area contributed by atoms with Crippen molar-refractivity contribution in [2.75, 3.05) is 0 Å². The normalized spacial score (nSPS) is 11.2. The summed E-state index contributed by atoms with van der Waals surface area (Å²) in [5, 5.41) is 0. The number of halogens is 2. The van der Waals surface area contributed by atoms with E-state index in [0.29, 0.717) is 17.9 Å². The van der Waals surface area contributed by atoms with E-state index in [9.17, 15) is 4.39 Å². The molecule has 2 aromatic carbocycles. The highest BCUT2D eigenvalue weighted by molar-refractivity contribution is 9.10. The fourth-order valence-corrected chi connectivity index (χ4v) is 2.63. The third-order valence-corrected chi connectivity index (χ3v) is 3.84. The summed E-state index contributed by atoms with van der Waals surface area (Å²) in [7, 11) is 1.88. The average Bonchev–Trinajstić information content (AvgIpc) is 2.78. The minimum absolute atomic E-state index is 0.286. The summed E-state index contributed by atoms with van der Waals surface area (Å²) in [5.41, 5.74) is 8.94. The molecular weight excluding hydrogens is 321 g/mol. The Labute approximate surface area is 124 Å². The lowest BCUT2D eigenvalue weighted by Gasteiger charge is -2.05. The number of nitrogens with zero attached hydrogens (tertiary/aromatic N) is 2. The minimum atomic E-state index is -0.286. The Morgan fingerprint density at radius 3 is 2.80 bits per heavy atom. The SMILES string of the molecule is Cn1c(-c2cc(Br)ccc2F)nc2ccc(CN)cc21. The molecule has 3 aromatic rings. The van der Waals surface area contributed by atoms with Gasteiger partial charge < -0.3 is 10.3 Å². The number of aryl methyl sites for hydroxylation is 1. The summed E-state index contributed by atoms with van der Waals surface area (Å²) >= 11 is 3.36. The standard InChI is InChI=1S/C15H13BrFN3/c1-20-14-6-9(8-18)2-5-13(14)19-15(20)11-7-10(16)3-4-12(11)17/h2-7H,8,18H2,1H3. The summed E-state index contributed by atoms with van der Waals surface area (Å²) in [5.74, 6) is 0.318. The molecular formula is C15H13BrFN3. The van der Waals surface area contributed by atoms with Crippen LogP contribution in [0.4, 0.5) is 4.39 Å². The van der Waals surface area contributed by atoms with E-state index in [2.05, 4.69) is 20.9 Å². The second-order valence-corrected chi connectivity index (χ2v) is 5.56. The molecule has 3 nitrogen and oxygen atoms in total. The third kappa shape index (κ3) is 2.13. The zero-order valence-electron chi connectivity index (χ0n) is 10.9. The van der Waals surface area contributed by atoms with Crippen LogP contribution in [0.15, 0.2) is 40.9 Å². The van der Waals surface area contributed by atoms with Crippen molar-refractivity contribution in [3.8, 4) is 11.4 Å². The van der Waals surface area contributed by atoms with E-state index in [0.717, 1.165) is 21.1 Å². The van der Waals surface area contributed by atoms with Gasteiger partial charge in [0.05, 0.1) is 16.6 Å². The number of aromatic nitrogens is 2. The van der Waals surface area contributed by atoms with Crippen molar-refractivity contribution in [2.24, 2.45) is 12.8 Å². The summed E-state index contributed by atoms with van der Waals surface area (Å²) in [6.45, 7) is 0.474. The van der Waals surface area contributed by atoms with E-state index >= 15 is 0 Å². The fraction of sp³-hybridized carbons (Fsp3) is 0.133. The highest BCUT2D eigenvalue weighted by Gasteiger charge is 2.14. The molecule has 0 saturated heterocycles. The van der Waals surface area contributed by atoms with Crippen molar-refractivity contribution >= 4 is 27.0 Å². The van der Waals surface area contributed by atoms with Gasteiger partial charge in [0.1, 0.15) is 11.6 Å². The van der Waals surface area contributed by atoms with Crippen LogP contribution >= 0.6 is 15.9 Å². The van der Waals surface area contributed by atoms with Gasteiger partial charge in [0.2, 0.25) is 0 Å². The van der Waals surface area contributed by atoms with Crippen LogP contribution in [0.3, 0.4) is 0 Å². The summed E-state index contributed by atoms with van der Waals surface area (Å²) in [4.78, 5) is 4.52. The topological polar surface area (TPSA) is 43.8 Å². The van der Waals surface area contributed by atoms with Crippen LogP contribution < -0.4 is 5.73 Å². The van der Waals surface area contributed by atoms with Crippen LogP contribution in [-0.2, 0) is 13.6 Å². The molecule has 102 valence electrons. The van der Waals surface area contributed by atoms with Crippen LogP contribution in [0, 0.1) is 5.82 Å². The first-order chi connectivity index (χ1) is 9.60. The maximum Gasteiger partial charge on any atom is 0.143 e. The Balaban J connectivity index is 2.26. The van der Waals surface area contributed by atoms with E-state index in [1.165, 1.54) is 6.07 Å². The van der Waals surface area contributed by atoms with Gasteiger partial charge >= 0.3 is 0 Å². The van der Waals surface area contributed by atoms with Gasteiger partial charge in [0.25, 0.3) is 0 Å². The smallest absolute Gasteiger partial charge is 0.143 e. The predicted octanol–water partition coefficient (Wildman–Crippen LogP) is 3.60. The van der Waals surface area contributed by atoms with E-state index in [1.54, 1.807) is 12.1 Å². The third-order valence-electron chi connectivity index (χ3n) is 3.35. The fourth-order valence-electron chi connectivity index (χ4n) is 2.27. The van der Waals surface area contributed by atoms with Gasteiger partial charge in [-0.25, -0.2) is 9.37 Å². The molecule has 5 heteroatoms. The molecule has 20 heavy (non-hydrogen) atoms. The zero-order chi connectivity index (χ0) is 14.3. The second-order valence-electron chi connectivity index (χ2n) is 4.65. The Morgan fingerprint density at radius 2 is 2.05 bits per heavy atom. The first kappa shape index (κ1) is 13.3. The van der Waals surface area contributed by atoms with Crippen LogP contribution in [0.1, 0.15) is 5.56 Å². The molecule has 0 amide bonds. The predicted molar refractivity (Wildman–Crippen MR) is 81.7 cm³/mol. The molecule has 0 unspecified atom stereocenters. The van der Waals surface area contributed by atoms with Crippen LogP contribution in [0.25, 0.3) is 22.4 Å². The van der Waals surface area contributed by atoms with Crippen molar-refractivity contribution in [2.45, 2.75) is 6.54 Å². The van der Waals surface area contributed by atoms with Gasteiger partial charge in [-0.1, -0.05) is 22.0 Å². The molecule has 2 N–H and O–H groups in total. The monoisotopic (exact) mass is 333 g/mol. The number of benzene rings is 2. The van der Waals surface area contributed by atoms with E-state index in [4.69, 9.17) is 5.73 Å².